The fourth-order valence-corrected chi connectivity index (χ4v) is 2.11. The zero-order valence-electron chi connectivity index (χ0n) is 9.25. The van der Waals surface area contributed by atoms with E-state index >= 15 is 0 Å². The summed E-state index contributed by atoms with van der Waals surface area (Å²) in [6.45, 7) is 3.82. The van der Waals surface area contributed by atoms with Gasteiger partial charge < -0.3 is 11.1 Å². The Morgan fingerprint density at radius 1 is 1.29 bits per heavy atom. The Balaban J connectivity index is 2.32. The van der Waals surface area contributed by atoms with Gasteiger partial charge in [-0.3, -0.25) is 4.79 Å². The zero-order chi connectivity index (χ0) is 10.6. The molecule has 1 aliphatic carbocycles. The maximum atomic E-state index is 11.4. The van der Waals surface area contributed by atoms with Crippen LogP contribution in [0.1, 0.15) is 46.0 Å². The molecule has 3 nitrogen and oxygen atoms in total. The van der Waals surface area contributed by atoms with E-state index in [0.29, 0.717) is 5.92 Å². The number of nitrogens with one attached hydrogen (secondary N) is 1. The summed E-state index contributed by atoms with van der Waals surface area (Å²) < 4.78 is 0. The molecule has 0 spiro atoms. The first-order chi connectivity index (χ1) is 6.61. The van der Waals surface area contributed by atoms with Crippen LogP contribution >= 0.6 is 0 Å². The highest BCUT2D eigenvalue weighted by atomic mass is 16.2. The minimum absolute atomic E-state index is 0.0249. The average Bonchev–Trinajstić information content (AvgIpc) is 2.19. The fraction of sp³-hybridized carbons (Fsp3) is 0.909. The summed E-state index contributed by atoms with van der Waals surface area (Å²) in [5.74, 6) is 0.634. The van der Waals surface area contributed by atoms with Crippen LogP contribution in [0.4, 0.5) is 0 Å². The van der Waals surface area contributed by atoms with E-state index in [1.807, 2.05) is 0 Å². The van der Waals surface area contributed by atoms with E-state index < -0.39 is 0 Å². The molecule has 3 heteroatoms. The molecule has 0 radical (unpaired) electrons. The van der Waals surface area contributed by atoms with Gasteiger partial charge in [-0.05, 0) is 32.6 Å². The zero-order valence-corrected chi connectivity index (χ0v) is 9.25. The van der Waals surface area contributed by atoms with Crippen LogP contribution < -0.4 is 11.1 Å². The molecule has 0 aromatic heterocycles. The highest BCUT2D eigenvalue weighted by molar-refractivity contribution is 5.81. The van der Waals surface area contributed by atoms with Crippen molar-refractivity contribution in [3.8, 4) is 0 Å². The van der Waals surface area contributed by atoms with Gasteiger partial charge in [0.05, 0.1) is 6.04 Å². The summed E-state index contributed by atoms with van der Waals surface area (Å²) in [6.07, 6.45) is 6.47. The Morgan fingerprint density at radius 2 is 1.86 bits per heavy atom. The van der Waals surface area contributed by atoms with Gasteiger partial charge in [0, 0.05) is 6.04 Å². The van der Waals surface area contributed by atoms with Gasteiger partial charge in [0.1, 0.15) is 0 Å². The maximum absolute atomic E-state index is 11.4. The van der Waals surface area contributed by atoms with Crippen LogP contribution in [-0.4, -0.2) is 18.0 Å². The van der Waals surface area contributed by atoms with Gasteiger partial charge in [-0.25, -0.2) is 0 Å². The van der Waals surface area contributed by atoms with E-state index in [0.717, 1.165) is 0 Å². The van der Waals surface area contributed by atoms with E-state index in [9.17, 15) is 4.79 Å². The van der Waals surface area contributed by atoms with Gasteiger partial charge in [-0.1, -0.05) is 19.3 Å². The number of nitrogens with two attached hydrogens (primary N) is 1. The average molecular weight is 198 g/mol. The minimum atomic E-state index is -0.388. The third kappa shape index (κ3) is 3.29. The Kier molecular flexibility index (Phi) is 4.39. The molecule has 1 rings (SSSR count). The molecule has 0 aromatic carbocycles. The van der Waals surface area contributed by atoms with Crippen molar-refractivity contribution in [2.75, 3.05) is 0 Å². The summed E-state index contributed by atoms with van der Waals surface area (Å²) >= 11 is 0. The predicted octanol–water partition coefficient (Wildman–Crippen LogP) is 1.42. The van der Waals surface area contributed by atoms with E-state index in [-0.39, 0.29) is 18.0 Å². The third-order valence-corrected chi connectivity index (χ3v) is 3.14. The van der Waals surface area contributed by atoms with Crippen molar-refractivity contribution < 1.29 is 4.79 Å². The van der Waals surface area contributed by atoms with Crippen LogP contribution in [0.5, 0.6) is 0 Å². The first-order valence-electron chi connectivity index (χ1n) is 5.67. The van der Waals surface area contributed by atoms with Crippen molar-refractivity contribution in [2.45, 2.75) is 58.0 Å². The normalized spacial score (nSPS) is 22.8. The van der Waals surface area contributed by atoms with Gasteiger partial charge in [-0.15, -0.1) is 0 Å². The number of amides is 1. The topological polar surface area (TPSA) is 55.1 Å². The first-order valence-corrected chi connectivity index (χ1v) is 5.67. The largest absolute Gasteiger partial charge is 0.352 e. The lowest BCUT2D eigenvalue weighted by molar-refractivity contribution is -0.123. The SMILES string of the molecule is CC(NC(=O)[C@@H](C)N)C1CCCCC1. The number of hydrogen-bond acceptors (Lipinski definition) is 2. The van der Waals surface area contributed by atoms with E-state index in [1.165, 1.54) is 32.1 Å². The summed E-state index contributed by atoms with van der Waals surface area (Å²) in [4.78, 5) is 11.4. The lowest BCUT2D eigenvalue weighted by Gasteiger charge is -2.28. The Labute approximate surface area is 86.4 Å². The highest BCUT2D eigenvalue weighted by Gasteiger charge is 2.22. The third-order valence-electron chi connectivity index (χ3n) is 3.14. The molecule has 1 aliphatic rings. The molecule has 3 N–H and O–H groups in total. The molecule has 0 aliphatic heterocycles. The Hall–Kier alpha value is -0.570. The molecular formula is C11H22N2O. The van der Waals surface area contributed by atoms with Crippen LogP contribution in [0.15, 0.2) is 0 Å². The van der Waals surface area contributed by atoms with Crippen LogP contribution in [-0.2, 0) is 4.79 Å². The number of carbonyl (C=O) groups is 1. The van der Waals surface area contributed by atoms with Crippen LogP contribution in [0.3, 0.4) is 0 Å². The first kappa shape index (κ1) is 11.5. The second-order valence-corrected chi connectivity index (χ2v) is 4.48. The van der Waals surface area contributed by atoms with E-state index in [1.54, 1.807) is 6.92 Å². The van der Waals surface area contributed by atoms with E-state index in [4.69, 9.17) is 5.73 Å². The van der Waals surface area contributed by atoms with Gasteiger partial charge in [0.2, 0.25) is 5.91 Å². The van der Waals surface area contributed by atoms with Crippen LogP contribution in [0, 0.1) is 5.92 Å². The summed E-state index contributed by atoms with van der Waals surface area (Å²) in [5, 5.41) is 2.99. The van der Waals surface area contributed by atoms with Crippen LogP contribution in [0.2, 0.25) is 0 Å². The van der Waals surface area contributed by atoms with Crippen LogP contribution in [0.25, 0.3) is 0 Å². The lowest BCUT2D eigenvalue weighted by Crippen LogP contribution is -2.45. The van der Waals surface area contributed by atoms with Crippen molar-refractivity contribution in [1.82, 2.24) is 5.32 Å². The molecule has 1 fully saturated rings. The highest BCUT2D eigenvalue weighted by Crippen LogP contribution is 2.26. The summed E-state index contributed by atoms with van der Waals surface area (Å²) in [7, 11) is 0. The van der Waals surface area contributed by atoms with Gasteiger partial charge >= 0.3 is 0 Å². The molecule has 14 heavy (non-hydrogen) atoms. The quantitative estimate of drug-likeness (QED) is 0.720. The standard InChI is InChI=1S/C11H22N2O/c1-8(12)11(14)13-9(2)10-6-4-3-5-7-10/h8-10H,3-7,12H2,1-2H3,(H,13,14)/t8-,9?/m1/s1. The van der Waals surface area contributed by atoms with Gasteiger partial charge in [0.25, 0.3) is 0 Å². The molecular weight excluding hydrogens is 176 g/mol. The molecule has 0 heterocycles. The maximum Gasteiger partial charge on any atom is 0.236 e. The van der Waals surface area contributed by atoms with Crippen molar-refractivity contribution in [3.63, 3.8) is 0 Å². The van der Waals surface area contributed by atoms with Crippen molar-refractivity contribution in [2.24, 2.45) is 11.7 Å². The molecule has 0 bridgehead atoms. The van der Waals surface area contributed by atoms with E-state index in [2.05, 4.69) is 12.2 Å². The number of rotatable bonds is 3. The second kappa shape index (κ2) is 5.35. The smallest absolute Gasteiger partial charge is 0.236 e. The number of carbonyl (C=O) groups excluding carboxylic acids is 1. The lowest BCUT2D eigenvalue weighted by atomic mass is 9.84. The monoisotopic (exact) mass is 198 g/mol. The van der Waals surface area contributed by atoms with Gasteiger partial charge in [-0.2, -0.15) is 0 Å². The number of hydrogen-bond donors (Lipinski definition) is 2. The molecule has 0 aromatic rings. The molecule has 1 saturated carbocycles. The second-order valence-electron chi connectivity index (χ2n) is 4.48. The molecule has 1 unspecified atom stereocenters. The van der Waals surface area contributed by atoms with Crippen molar-refractivity contribution in [1.29, 1.82) is 0 Å². The molecule has 82 valence electrons. The minimum Gasteiger partial charge on any atom is -0.352 e. The fourth-order valence-electron chi connectivity index (χ4n) is 2.11. The molecule has 1 amide bonds. The van der Waals surface area contributed by atoms with Gasteiger partial charge in [0.15, 0.2) is 0 Å². The summed E-state index contributed by atoms with van der Waals surface area (Å²) in [6, 6.07) is -0.102. The molecule has 2 atom stereocenters. The Bertz CT molecular complexity index is 186. The van der Waals surface area contributed by atoms with Crippen molar-refractivity contribution in [3.05, 3.63) is 0 Å². The predicted molar refractivity (Wildman–Crippen MR) is 57.8 cm³/mol. The van der Waals surface area contributed by atoms with Crippen molar-refractivity contribution >= 4 is 5.91 Å². The summed E-state index contributed by atoms with van der Waals surface area (Å²) in [5.41, 5.74) is 5.50. The Morgan fingerprint density at radius 3 is 2.36 bits per heavy atom. The molecule has 0 saturated heterocycles.